The van der Waals surface area contributed by atoms with Crippen LogP contribution in [0.4, 0.5) is 0 Å². The van der Waals surface area contributed by atoms with Crippen LogP contribution in [0.15, 0.2) is 12.2 Å². The van der Waals surface area contributed by atoms with Crippen molar-refractivity contribution >= 4 is 0 Å². The Morgan fingerprint density at radius 3 is 1.45 bits per heavy atom. The van der Waals surface area contributed by atoms with Crippen LogP contribution in [-0.2, 0) is 18.9 Å². The molecule has 0 N–H and O–H groups in total. The zero-order chi connectivity index (χ0) is 14.8. The van der Waals surface area contributed by atoms with Gasteiger partial charge in [-0.15, -0.1) is 0 Å². The molecule has 0 spiro atoms. The van der Waals surface area contributed by atoms with Crippen molar-refractivity contribution in [2.45, 2.75) is 77.2 Å². The van der Waals surface area contributed by atoms with Crippen molar-refractivity contribution < 1.29 is 18.9 Å². The topological polar surface area (TPSA) is 36.9 Å². The Kier molecular flexibility index (Phi) is 4.90. The number of rotatable bonds is 6. The van der Waals surface area contributed by atoms with Gasteiger partial charge in [-0.1, -0.05) is 34.3 Å². The standard InChI is InChI=1S/C16H28O4/c1-6-15(7-2)17-10-13(19-15)12(5)14-11-18-16(8-3,9-4)20-14/h13-14H,5-11H2,1-4H3/t13-,14-/m0/s1. The molecular formula is C16H28O4. The van der Waals surface area contributed by atoms with Crippen LogP contribution in [0.25, 0.3) is 0 Å². The van der Waals surface area contributed by atoms with Gasteiger partial charge in [-0.3, -0.25) is 0 Å². The Morgan fingerprint density at radius 2 is 1.20 bits per heavy atom. The zero-order valence-corrected chi connectivity index (χ0v) is 13.2. The fourth-order valence-electron chi connectivity index (χ4n) is 2.92. The highest BCUT2D eigenvalue weighted by Gasteiger charge is 2.45. The van der Waals surface area contributed by atoms with Gasteiger partial charge < -0.3 is 18.9 Å². The van der Waals surface area contributed by atoms with Crippen molar-refractivity contribution in [2.75, 3.05) is 13.2 Å². The summed E-state index contributed by atoms with van der Waals surface area (Å²) in [4.78, 5) is 0. The normalized spacial score (nSPS) is 31.6. The summed E-state index contributed by atoms with van der Waals surface area (Å²) in [6, 6.07) is 0. The van der Waals surface area contributed by atoms with E-state index in [1.807, 2.05) is 0 Å². The van der Waals surface area contributed by atoms with Crippen molar-refractivity contribution in [2.24, 2.45) is 0 Å². The Hall–Kier alpha value is -0.420. The van der Waals surface area contributed by atoms with Crippen LogP contribution in [0.3, 0.4) is 0 Å². The molecule has 4 nitrogen and oxygen atoms in total. The van der Waals surface area contributed by atoms with E-state index < -0.39 is 11.6 Å². The number of hydrogen-bond acceptors (Lipinski definition) is 4. The maximum atomic E-state index is 6.10. The molecule has 0 aromatic heterocycles. The molecular weight excluding hydrogens is 256 g/mol. The summed E-state index contributed by atoms with van der Waals surface area (Å²) in [6.07, 6.45) is 3.22. The molecule has 2 saturated heterocycles. The lowest BCUT2D eigenvalue weighted by Gasteiger charge is -2.27. The minimum Gasteiger partial charge on any atom is -0.347 e. The van der Waals surface area contributed by atoms with Crippen molar-refractivity contribution in [3.05, 3.63) is 12.2 Å². The first-order valence-electron chi connectivity index (χ1n) is 7.86. The second-order valence-corrected chi connectivity index (χ2v) is 5.65. The molecule has 0 aliphatic carbocycles. The minimum absolute atomic E-state index is 0.0898. The summed E-state index contributed by atoms with van der Waals surface area (Å²) in [5, 5.41) is 0. The summed E-state index contributed by atoms with van der Waals surface area (Å²) in [7, 11) is 0. The van der Waals surface area contributed by atoms with Gasteiger partial charge in [-0.05, 0) is 31.3 Å². The lowest BCUT2D eigenvalue weighted by molar-refractivity contribution is -0.176. The maximum Gasteiger partial charge on any atom is 0.168 e. The Morgan fingerprint density at radius 1 is 0.850 bits per heavy atom. The van der Waals surface area contributed by atoms with Crippen LogP contribution < -0.4 is 0 Å². The molecule has 4 heteroatoms. The largest absolute Gasteiger partial charge is 0.347 e. The molecule has 0 amide bonds. The smallest absolute Gasteiger partial charge is 0.168 e. The van der Waals surface area contributed by atoms with E-state index in [0.29, 0.717) is 13.2 Å². The number of hydrogen-bond donors (Lipinski definition) is 0. The van der Waals surface area contributed by atoms with E-state index in [1.54, 1.807) is 0 Å². The third-order valence-corrected chi connectivity index (χ3v) is 4.69. The molecule has 2 fully saturated rings. The number of ether oxygens (including phenoxy) is 4. The Labute approximate surface area is 122 Å². The molecule has 0 radical (unpaired) electrons. The van der Waals surface area contributed by atoms with E-state index in [0.717, 1.165) is 31.3 Å². The van der Waals surface area contributed by atoms with E-state index in [-0.39, 0.29) is 12.2 Å². The van der Waals surface area contributed by atoms with Crippen LogP contribution in [0.1, 0.15) is 53.4 Å². The average molecular weight is 284 g/mol. The van der Waals surface area contributed by atoms with E-state index in [4.69, 9.17) is 18.9 Å². The molecule has 20 heavy (non-hydrogen) atoms. The quantitative estimate of drug-likeness (QED) is 0.700. The minimum atomic E-state index is -0.445. The Balaban J connectivity index is 1.97. The lowest BCUT2D eigenvalue weighted by atomic mass is 10.1. The summed E-state index contributed by atoms with van der Waals surface area (Å²) in [5.74, 6) is -0.890. The predicted molar refractivity (Wildman–Crippen MR) is 77.4 cm³/mol. The molecule has 0 aromatic carbocycles. The Bertz CT molecular complexity index is 312. The van der Waals surface area contributed by atoms with Gasteiger partial charge in [0, 0.05) is 0 Å². The molecule has 2 atom stereocenters. The van der Waals surface area contributed by atoms with Crippen molar-refractivity contribution in [3.8, 4) is 0 Å². The summed E-state index contributed by atoms with van der Waals surface area (Å²) in [5.41, 5.74) is 0.942. The fourth-order valence-corrected chi connectivity index (χ4v) is 2.92. The van der Waals surface area contributed by atoms with E-state index in [2.05, 4.69) is 34.3 Å². The maximum absolute atomic E-state index is 6.10. The van der Waals surface area contributed by atoms with E-state index in [9.17, 15) is 0 Å². The zero-order valence-electron chi connectivity index (χ0n) is 13.2. The molecule has 2 aliphatic rings. The van der Waals surface area contributed by atoms with Crippen LogP contribution in [0, 0.1) is 0 Å². The SMILES string of the molecule is C=C([C@@H]1COC(CC)(CC)O1)[C@@H]1COC(CC)(CC)O1. The molecule has 2 rings (SSSR count). The van der Waals surface area contributed by atoms with E-state index >= 15 is 0 Å². The van der Waals surface area contributed by atoms with Gasteiger partial charge in [0.2, 0.25) is 0 Å². The van der Waals surface area contributed by atoms with Crippen molar-refractivity contribution in [3.63, 3.8) is 0 Å². The van der Waals surface area contributed by atoms with Gasteiger partial charge in [0.25, 0.3) is 0 Å². The third kappa shape index (κ3) is 2.80. The van der Waals surface area contributed by atoms with Crippen LogP contribution in [-0.4, -0.2) is 37.0 Å². The van der Waals surface area contributed by atoms with Gasteiger partial charge in [-0.2, -0.15) is 0 Å². The van der Waals surface area contributed by atoms with Gasteiger partial charge in [-0.25, -0.2) is 0 Å². The lowest BCUT2D eigenvalue weighted by Crippen LogP contribution is -2.33. The molecule has 0 saturated carbocycles. The van der Waals surface area contributed by atoms with Crippen LogP contribution >= 0.6 is 0 Å². The average Bonchev–Trinajstić information content (AvgIpc) is 3.12. The molecule has 2 heterocycles. The first kappa shape index (κ1) is 16.0. The van der Waals surface area contributed by atoms with Crippen LogP contribution in [0.2, 0.25) is 0 Å². The summed E-state index contributed by atoms with van der Waals surface area (Å²) >= 11 is 0. The summed E-state index contributed by atoms with van der Waals surface area (Å²) < 4.78 is 23.9. The van der Waals surface area contributed by atoms with Crippen molar-refractivity contribution in [1.29, 1.82) is 0 Å². The highest BCUT2D eigenvalue weighted by atomic mass is 16.8. The molecule has 0 aromatic rings. The fraction of sp³-hybridized carbons (Fsp3) is 0.875. The van der Waals surface area contributed by atoms with Gasteiger partial charge in [0.1, 0.15) is 12.2 Å². The van der Waals surface area contributed by atoms with Crippen molar-refractivity contribution in [1.82, 2.24) is 0 Å². The highest BCUT2D eigenvalue weighted by molar-refractivity contribution is 5.13. The first-order chi connectivity index (χ1) is 9.53. The molecule has 0 bridgehead atoms. The molecule has 0 unspecified atom stereocenters. The second-order valence-electron chi connectivity index (χ2n) is 5.65. The predicted octanol–water partition coefficient (Wildman–Crippen LogP) is 3.41. The molecule has 116 valence electrons. The monoisotopic (exact) mass is 284 g/mol. The van der Waals surface area contributed by atoms with Gasteiger partial charge in [0.15, 0.2) is 11.6 Å². The second kappa shape index (κ2) is 6.14. The molecule has 2 aliphatic heterocycles. The first-order valence-corrected chi connectivity index (χ1v) is 7.86. The van der Waals surface area contributed by atoms with Crippen LogP contribution in [0.5, 0.6) is 0 Å². The van der Waals surface area contributed by atoms with Gasteiger partial charge >= 0.3 is 0 Å². The third-order valence-electron chi connectivity index (χ3n) is 4.69. The van der Waals surface area contributed by atoms with E-state index in [1.165, 1.54) is 0 Å². The highest BCUT2D eigenvalue weighted by Crippen LogP contribution is 2.38. The van der Waals surface area contributed by atoms with Gasteiger partial charge in [0.05, 0.1) is 13.2 Å². The summed E-state index contributed by atoms with van der Waals surface area (Å²) in [6.45, 7) is 13.6.